The van der Waals surface area contributed by atoms with E-state index in [0.717, 1.165) is 64.2 Å². The molecule has 79 heavy (non-hydrogen) atoms. The van der Waals surface area contributed by atoms with Crippen LogP contribution in [0.5, 0.6) is 0 Å². The number of aliphatic hydroxyl groups excluding tert-OH is 1. The first kappa shape index (κ1) is 77.5. The Morgan fingerprint density at radius 3 is 1.11 bits per heavy atom. The van der Waals surface area contributed by atoms with Gasteiger partial charge in [0.05, 0.1) is 39.9 Å². The van der Waals surface area contributed by atoms with E-state index >= 15 is 0 Å². The predicted octanol–water partition coefficient (Wildman–Crippen LogP) is 21.8. The zero-order valence-corrected chi connectivity index (χ0v) is 54.3. The summed E-state index contributed by atoms with van der Waals surface area (Å²) in [5.41, 5.74) is 0. The lowest BCUT2D eigenvalue weighted by molar-refractivity contribution is -0.870. The highest BCUT2D eigenvalue weighted by atomic mass is 31.2. The maximum atomic E-state index is 13.1. The number of allylic oxidation sites excluding steroid dienone is 8. The smallest absolute Gasteiger partial charge is 0.391 e. The van der Waals surface area contributed by atoms with Gasteiger partial charge in [-0.1, -0.05) is 332 Å². The highest BCUT2D eigenvalue weighted by molar-refractivity contribution is 7.47. The molecule has 1 amide bonds. The van der Waals surface area contributed by atoms with E-state index in [2.05, 4.69) is 67.8 Å². The molecule has 0 radical (unpaired) electrons. The van der Waals surface area contributed by atoms with E-state index < -0.39 is 20.0 Å². The molecule has 0 aromatic heterocycles. The van der Waals surface area contributed by atoms with Gasteiger partial charge in [0.25, 0.3) is 0 Å². The van der Waals surface area contributed by atoms with Crippen molar-refractivity contribution in [1.29, 1.82) is 0 Å². The summed E-state index contributed by atoms with van der Waals surface area (Å²) >= 11 is 0. The Kier molecular flexibility index (Phi) is 59.8. The van der Waals surface area contributed by atoms with Gasteiger partial charge in [-0.3, -0.25) is 13.8 Å². The molecule has 0 rings (SSSR count). The van der Waals surface area contributed by atoms with Gasteiger partial charge in [0, 0.05) is 6.42 Å². The number of carbonyl (C=O) groups excluding carboxylic acids is 1. The lowest BCUT2D eigenvalue weighted by Gasteiger charge is -2.26. The first-order valence-corrected chi connectivity index (χ1v) is 36.0. The van der Waals surface area contributed by atoms with Crippen LogP contribution >= 0.6 is 7.82 Å². The molecular weight excluding hydrogens is 996 g/mol. The average Bonchev–Trinajstić information content (AvgIpc) is 3.42. The quantitative estimate of drug-likeness (QED) is 0.0243. The molecule has 3 N–H and O–H groups in total. The minimum Gasteiger partial charge on any atom is -0.391 e. The number of phosphoric ester groups is 1. The van der Waals surface area contributed by atoms with Gasteiger partial charge in [0.2, 0.25) is 5.91 Å². The van der Waals surface area contributed by atoms with Crippen LogP contribution in [0, 0.1) is 0 Å². The molecule has 0 saturated carbocycles. The van der Waals surface area contributed by atoms with Crippen molar-refractivity contribution < 1.29 is 32.9 Å². The van der Waals surface area contributed by atoms with Crippen LogP contribution in [-0.4, -0.2) is 73.4 Å². The topological polar surface area (TPSA) is 105 Å². The molecule has 0 aliphatic carbocycles. The highest BCUT2D eigenvalue weighted by Gasteiger charge is 2.28. The molecule has 0 aromatic rings. The van der Waals surface area contributed by atoms with Crippen LogP contribution in [0.3, 0.4) is 0 Å². The molecule has 0 aliphatic rings. The molecular formula is C70H136N2O6P+. The zero-order chi connectivity index (χ0) is 57.7. The summed E-state index contributed by atoms with van der Waals surface area (Å²) in [7, 11) is 1.63. The summed E-state index contributed by atoms with van der Waals surface area (Å²) in [6.07, 6.45) is 82.1. The van der Waals surface area contributed by atoms with Crippen molar-refractivity contribution in [2.75, 3.05) is 40.9 Å². The van der Waals surface area contributed by atoms with Crippen LogP contribution in [-0.2, 0) is 18.4 Å². The van der Waals surface area contributed by atoms with Crippen molar-refractivity contribution in [3.05, 3.63) is 48.6 Å². The zero-order valence-electron chi connectivity index (χ0n) is 53.4. The molecule has 0 saturated heterocycles. The third-order valence-electron chi connectivity index (χ3n) is 15.8. The Morgan fingerprint density at radius 1 is 0.443 bits per heavy atom. The summed E-state index contributed by atoms with van der Waals surface area (Å²) in [5, 5.41) is 14.2. The van der Waals surface area contributed by atoms with Crippen molar-refractivity contribution in [2.45, 2.75) is 353 Å². The van der Waals surface area contributed by atoms with Gasteiger partial charge in [-0.05, 0) is 51.4 Å². The van der Waals surface area contributed by atoms with Gasteiger partial charge in [-0.2, -0.15) is 0 Å². The number of phosphoric acid groups is 1. The maximum Gasteiger partial charge on any atom is 0.472 e. The molecule has 0 heterocycles. The number of nitrogens with zero attached hydrogens (tertiary/aromatic N) is 1. The number of likely N-dealkylation sites (N-methyl/N-ethyl adjacent to an activating group) is 1. The van der Waals surface area contributed by atoms with Crippen LogP contribution in [0.4, 0.5) is 0 Å². The number of aliphatic hydroxyl groups is 1. The van der Waals surface area contributed by atoms with Gasteiger partial charge in [-0.15, -0.1) is 0 Å². The second-order valence-electron chi connectivity index (χ2n) is 24.9. The van der Waals surface area contributed by atoms with E-state index in [4.69, 9.17) is 9.05 Å². The summed E-state index contributed by atoms with van der Waals surface area (Å²) in [5.74, 6) is -0.139. The first-order chi connectivity index (χ1) is 38.5. The molecule has 8 nitrogen and oxygen atoms in total. The number of rotatable bonds is 64. The third-order valence-corrected chi connectivity index (χ3v) is 16.8. The van der Waals surface area contributed by atoms with Gasteiger partial charge in [0.1, 0.15) is 13.2 Å². The predicted molar refractivity (Wildman–Crippen MR) is 346 cm³/mol. The van der Waals surface area contributed by atoms with E-state index in [9.17, 15) is 19.4 Å². The van der Waals surface area contributed by atoms with Crippen molar-refractivity contribution >= 4 is 13.7 Å². The second kappa shape index (κ2) is 61.0. The fourth-order valence-corrected chi connectivity index (χ4v) is 11.2. The standard InChI is InChI=1S/C70H135N2O6P/c1-6-8-10-12-14-16-18-20-22-24-26-28-30-32-34-36-38-40-42-44-46-48-50-52-54-56-58-60-62-64-70(74)71-68(67-78-79(75,76)77-66-65-72(3,4)5)69(73)63-61-59-57-55-53-51-49-47-45-43-41-39-37-35-33-31-29-27-25-23-21-19-17-15-13-11-9-7-2/h8,10,14,16,20,22,26,28,68-69,73H,6-7,9,11-13,15,17-19,21,23-25,27,29-67H2,1-5H3,(H-,71,74,75,76)/p+1/b10-8-,16-14-,22-20-,28-26-. The second-order valence-corrected chi connectivity index (χ2v) is 26.3. The molecule has 0 fully saturated rings. The number of quaternary nitrogens is 1. The Morgan fingerprint density at radius 2 is 0.759 bits per heavy atom. The molecule has 0 aromatic carbocycles. The Labute approximate surface area is 492 Å². The van der Waals surface area contributed by atoms with Crippen LogP contribution in [0.25, 0.3) is 0 Å². The molecule has 0 spiro atoms. The summed E-state index contributed by atoms with van der Waals surface area (Å²) < 4.78 is 23.9. The van der Waals surface area contributed by atoms with Crippen molar-refractivity contribution in [1.82, 2.24) is 5.32 Å². The fourth-order valence-electron chi connectivity index (χ4n) is 10.5. The van der Waals surface area contributed by atoms with Gasteiger partial charge in [0.15, 0.2) is 0 Å². The monoisotopic (exact) mass is 1130 g/mol. The van der Waals surface area contributed by atoms with Crippen molar-refractivity contribution in [3.63, 3.8) is 0 Å². The van der Waals surface area contributed by atoms with Gasteiger partial charge < -0.3 is 19.8 Å². The third kappa shape index (κ3) is 63.9. The van der Waals surface area contributed by atoms with Gasteiger partial charge in [-0.25, -0.2) is 4.57 Å². The Hall–Kier alpha value is -1.54. The maximum absolute atomic E-state index is 13.1. The lowest BCUT2D eigenvalue weighted by Crippen LogP contribution is -2.46. The molecule has 0 aliphatic heterocycles. The van der Waals surface area contributed by atoms with Gasteiger partial charge >= 0.3 is 7.82 Å². The Balaban J connectivity index is 4.03. The summed E-state index contributed by atoms with van der Waals surface area (Å²) in [6, 6.07) is -0.763. The average molecular weight is 1130 g/mol. The first-order valence-electron chi connectivity index (χ1n) is 34.5. The Bertz CT molecular complexity index is 1430. The summed E-state index contributed by atoms with van der Waals surface area (Å²) in [6.45, 7) is 4.83. The SMILES string of the molecule is CC/C=C\C/C=C\C/C=C\C/C=C\CCCCCCCCCCCCCCCCCCC(=O)NC(COP(=O)(O)OCC[N+](C)(C)C)C(O)CCCCCCCCCCCCCCCCCCCCCCCCCCCCCC. The minimum absolute atomic E-state index is 0.0755. The van der Waals surface area contributed by atoms with E-state index in [1.54, 1.807) is 0 Å². The van der Waals surface area contributed by atoms with Crippen molar-refractivity contribution in [3.8, 4) is 0 Å². The minimum atomic E-state index is -4.33. The highest BCUT2D eigenvalue weighted by Crippen LogP contribution is 2.43. The summed E-state index contributed by atoms with van der Waals surface area (Å²) in [4.78, 5) is 23.5. The number of unbranched alkanes of at least 4 members (excludes halogenated alkanes) is 43. The van der Waals surface area contributed by atoms with E-state index in [0.29, 0.717) is 23.9 Å². The molecule has 3 atom stereocenters. The van der Waals surface area contributed by atoms with Crippen LogP contribution in [0.2, 0.25) is 0 Å². The number of nitrogens with one attached hydrogen (secondary N) is 1. The van der Waals surface area contributed by atoms with E-state index in [1.165, 1.54) is 250 Å². The molecule has 9 heteroatoms. The van der Waals surface area contributed by atoms with E-state index in [1.807, 2.05) is 21.1 Å². The molecule has 0 bridgehead atoms. The van der Waals surface area contributed by atoms with E-state index in [-0.39, 0.29) is 19.1 Å². The largest absolute Gasteiger partial charge is 0.472 e. The normalized spacial score (nSPS) is 14.0. The number of amides is 1. The van der Waals surface area contributed by atoms with Crippen LogP contribution < -0.4 is 5.32 Å². The van der Waals surface area contributed by atoms with Crippen molar-refractivity contribution in [2.24, 2.45) is 0 Å². The number of hydrogen-bond acceptors (Lipinski definition) is 5. The fraction of sp³-hybridized carbons (Fsp3) is 0.871. The number of hydrogen-bond donors (Lipinski definition) is 3. The lowest BCUT2D eigenvalue weighted by atomic mass is 10.0. The van der Waals surface area contributed by atoms with Crippen LogP contribution in [0.15, 0.2) is 48.6 Å². The number of carbonyl (C=O) groups is 1. The molecule has 466 valence electrons. The molecule has 3 unspecified atom stereocenters. The van der Waals surface area contributed by atoms with Crippen LogP contribution in [0.1, 0.15) is 341 Å².